The number of anilines is 1. The number of aromatic hydroxyl groups is 1. The molecule has 2 aromatic heterocycles. The number of benzene rings is 1. The minimum atomic E-state index is -0.789. The van der Waals surface area contributed by atoms with Gasteiger partial charge in [0, 0.05) is 25.0 Å². The van der Waals surface area contributed by atoms with Crippen molar-refractivity contribution in [2.24, 2.45) is 7.05 Å². The molecule has 178 valence electrons. The number of hydrogen-bond acceptors (Lipinski definition) is 7. The zero-order chi connectivity index (χ0) is 24.7. The highest BCUT2D eigenvalue weighted by molar-refractivity contribution is 5.91. The Morgan fingerprint density at radius 1 is 1.21 bits per heavy atom. The topological polar surface area (TPSA) is 132 Å². The number of ether oxygens (including phenoxy) is 2. The molecule has 0 aliphatic carbocycles. The molecule has 0 fully saturated rings. The van der Waals surface area contributed by atoms with Gasteiger partial charge in [-0.1, -0.05) is 18.2 Å². The van der Waals surface area contributed by atoms with Crippen LogP contribution in [0.1, 0.15) is 24.9 Å². The quantitative estimate of drug-likeness (QED) is 0.435. The van der Waals surface area contributed by atoms with Gasteiger partial charge >= 0.3 is 12.0 Å². The smallest absolute Gasteiger partial charge is 0.319 e. The molecule has 0 radical (unpaired) electrons. The maximum absolute atomic E-state index is 12.7. The summed E-state index contributed by atoms with van der Waals surface area (Å²) >= 11 is 0. The van der Waals surface area contributed by atoms with E-state index in [1.165, 1.54) is 23.9 Å². The number of carbonyl (C=O) groups excluding carboxylic acids is 2. The molecule has 10 nitrogen and oxygen atoms in total. The molecule has 0 spiro atoms. The lowest BCUT2D eigenvalue weighted by atomic mass is 9.99. The van der Waals surface area contributed by atoms with E-state index in [2.05, 4.69) is 15.6 Å². The number of aromatic nitrogens is 2. The van der Waals surface area contributed by atoms with E-state index < -0.39 is 23.6 Å². The average Bonchev–Trinajstić information content (AvgIpc) is 2.84. The van der Waals surface area contributed by atoms with Gasteiger partial charge in [-0.15, -0.1) is 0 Å². The van der Waals surface area contributed by atoms with E-state index in [4.69, 9.17) is 9.47 Å². The number of carbonyl (C=O) groups is 2. The minimum Gasteiger partial charge on any atom is -0.505 e. The molecule has 3 N–H and O–H groups in total. The number of rotatable bonds is 8. The molecule has 34 heavy (non-hydrogen) atoms. The van der Waals surface area contributed by atoms with E-state index in [1.54, 1.807) is 50.6 Å². The summed E-state index contributed by atoms with van der Waals surface area (Å²) in [4.78, 5) is 41.6. The highest BCUT2D eigenvalue weighted by Crippen LogP contribution is 2.30. The highest BCUT2D eigenvalue weighted by Gasteiger charge is 2.22. The van der Waals surface area contributed by atoms with Gasteiger partial charge in [0.25, 0.3) is 5.56 Å². The van der Waals surface area contributed by atoms with Gasteiger partial charge in [0.05, 0.1) is 26.2 Å². The Bertz CT molecular complexity index is 1240. The van der Waals surface area contributed by atoms with Crippen LogP contribution >= 0.6 is 0 Å². The molecule has 1 atom stereocenters. The summed E-state index contributed by atoms with van der Waals surface area (Å²) in [6.45, 7) is 1.88. The molecule has 0 aliphatic rings. The fourth-order valence-corrected chi connectivity index (χ4v) is 3.36. The van der Waals surface area contributed by atoms with Gasteiger partial charge in [0.15, 0.2) is 5.69 Å². The van der Waals surface area contributed by atoms with Crippen molar-refractivity contribution in [3.8, 4) is 22.8 Å². The van der Waals surface area contributed by atoms with Crippen LogP contribution in [0.3, 0.4) is 0 Å². The van der Waals surface area contributed by atoms with Crippen LogP contribution in [0.4, 0.5) is 10.5 Å². The molecule has 0 saturated carbocycles. The first-order valence-electron chi connectivity index (χ1n) is 10.5. The van der Waals surface area contributed by atoms with Crippen molar-refractivity contribution in [1.82, 2.24) is 14.9 Å². The third-order valence-corrected chi connectivity index (χ3v) is 5.02. The van der Waals surface area contributed by atoms with E-state index in [1.807, 2.05) is 6.07 Å². The summed E-state index contributed by atoms with van der Waals surface area (Å²) in [5.74, 6) is -0.306. The second-order valence-electron chi connectivity index (χ2n) is 7.33. The molecule has 2 heterocycles. The van der Waals surface area contributed by atoms with Gasteiger partial charge in [-0.25, -0.2) is 4.79 Å². The van der Waals surface area contributed by atoms with Gasteiger partial charge in [-0.05, 0) is 36.8 Å². The van der Waals surface area contributed by atoms with Crippen molar-refractivity contribution in [3.63, 3.8) is 0 Å². The van der Waals surface area contributed by atoms with Crippen molar-refractivity contribution in [2.75, 3.05) is 19.0 Å². The van der Waals surface area contributed by atoms with Gasteiger partial charge in [0.2, 0.25) is 0 Å². The molecule has 0 bridgehead atoms. The normalized spacial score (nSPS) is 11.4. The number of methoxy groups -OCH3 is 1. The third kappa shape index (κ3) is 5.71. The molecule has 0 saturated heterocycles. The first-order chi connectivity index (χ1) is 16.3. The minimum absolute atomic E-state index is 0.150. The zero-order valence-electron chi connectivity index (χ0n) is 19.1. The number of amides is 2. The van der Waals surface area contributed by atoms with Gasteiger partial charge in [0.1, 0.15) is 17.2 Å². The predicted octanol–water partition coefficient (Wildman–Crippen LogP) is 2.98. The van der Waals surface area contributed by atoms with E-state index >= 15 is 0 Å². The maximum atomic E-state index is 12.7. The van der Waals surface area contributed by atoms with Crippen LogP contribution in [0.25, 0.3) is 11.3 Å². The van der Waals surface area contributed by atoms with Crippen LogP contribution in [0.5, 0.6) is 11.5 Å². The van der Waals surface area contributed by atoms with Crippen molar-refractivity contribution >= 4 is 17.7 Å². The van der Waals surface area contributed by atoms with Crippen LogP contribution in [-0.2, 0) is 16.6 Å². The summed E-state index contributed by atoms with van der Waals surface area (Å²) in [6, 6.07) is 10.4. The molecule has 10 heteroatoms. The largest absolute Gasteiger partial charge is 0.505 e. The monoisotopic (exact) mass is 466 g/mol. The first kappa shape index (κ1) is 24.3. The number of nitrogens with one attached hydrogen (secondary N) is 2. The van der Waals surface area contributed by atoms with Gasteiger partial charge in [-0.2, -0.15) is 0 Å². The summed E-state index contributed by atoms with van der Waals surface area (Å²) in [7, 11) is 3.04. The molecular weight excluding hydrogens is 440 g/mol. The second kappa shape index (κ2) is 11.0. The number of urea groups is 1. The maximum Gasteiger partial charge on any atom is 0.319 e. The number of esters is 1. The van der Waals surface area contributed by atoms with Crippen molar-refractivity contribution in [2.45, 2.75) is 19.4 Å². The van der Waals surface area contributed by atoms with Crippen LogP contribution in [0.2, 0.25) is 0 Å². The van der Waals surface area contributed by atoms with E-state index in [0.717, 1.165) is 5.56 Å². The fourth-order valence-electron chi connectivity index (χ4n) is 3.36. The Labute approximate surface area is 196 Å². The number of nitrogens with zero attached hydrogens (tertiary/aromatic N) is 2. The lowest BCUT2D eigenvalue weighted by Crippen LogP contribution is -2.36. The molecule has 0 unspecified atom stereocenters. The van der Waals surface area contributed by atoms with Gasteiger partial charge < -0.3 is 29.8 Å². The summed E-state index contributed by atoms with van der Waals surface area (Å²) in [5.41, 5.74) is 1.08. The Morgan fingerprint density at radius 3 is 2.74 bits per heavy atom. The predicted molar refractivity (Wildman–Crippen MR) is 126 cm³/mol. The molecule has 3 aromatic rings. The SMILES string of the molecule is CCOC(=O)C[C@H](NC(=O)Nc1c(O)ccn(C)c1=O)c1cccc(-c2ncccc2OC)c1. The van der Waals surface area contributed by atoms with Crippen molar-refractivity contribution < 1.29 is 24.2 Å². The van der Waals surface area contributed by atoms with Crippen LogP contribution < -0.4 is 20.9 Å². The standard InChI is InChI=1S/C24H26N4O6/c1-4-34-20(30)14-17(26-24(32)27-22-18(29)10-12-28(2)23(22)31)15-7-5-8-16(13-15)21-19(33-3)9-6-11-25-21/h5-13,17,29H,4,14H2,1-3H3,(H2,26,27,32)/t17-/m0/s1. The van der Waals surface area contributed by atoms with Crippen molar-refractivity contribution in [3.05, 3.63) is 70.8 Å². The molecule has 3 rings (SSSR count). The van der Waals surface area contributed by atoms with Crippen molar-refractivity contribution in [1.29, 1.82) is 0 Å². The molecule has 2 amide bonds. The number of pyridine rings is 2. The van der Waals surface area contributed by atoms with E-state index in [-0.39, 0.29) is 24.5 Å². The highest BCUT2D eigenvalue weighted by atomic mass is 16.5. The summed E-state index contributed by atoms with van der Waals surface area (Å²) < 4.78 is 11.7. The third-order valence-electron chi connectivity index (χ3n) is 5.02. The number of aryl methyl sites for hydroxylation is 1. The molecule has 0 aliphatic heterocycles. The Kier molecular flexibility index (Phi) is 7.86. The van der Waals surface area contributed by atoms with E-state index in [0.29, 0.717) is 17.0 Å². The van der Waals surface area contributed by atoms with Crippen LogP contribution in [0, 0.1) is 0 Å². The lowest BCUT2D eigenvalue weighted by Gasteiger charge is -2.20. The fraction of sp³-hybridized carbons (Fsp3) is 0.250. The van der Waals surface area contributed by atoms with Gasteiger partial charge in [-0.3, -0.25) is 14.6 Å². The first-order valence-corrected chi connectivity index (χ1v) is 10.5. The van der Waals surface area contributed by atoms with E-state index in [9.17, 15) is 19.5 Å². The Morgan fingerprint density at radius 2 is 2.00 bits per heavy atom. The van der Waals surface area contributed by atoms with Crippen LogP contribution in [0.15, 0.2) is 59.7 Å². The number of hydrogen-bond donors (Lipinski definition) is 3. The zero-order valence-corrected chi connectivity index (χ0v) is 19.1. The Balaban J connectivity index is 1.91. The summed E-state index contributed by atoms with van der Waals surface area (Å²) in [6.07, 6.45) is 2.86. The summed E-state index contributed by atoms with van der Waals surface area (Å²) in [5, 5.41) is 15.1. The average molecular weight is 466 g/mol. The molecule has 1 aromatic carbocycles. The Hall–Kier alpha value is -4.34. The second-order valence-corrected chi connectivity index (χ2v) is 7.33. The molecular formula is C24H26N4O6. The lowest BCUT2D eigenvalue weighted by molar-refractivity contribution is -0.143. The van der Waals surface area contributed by atoms with Crippen LogP contribution in [-0.4, -0.2) is 40.4 Å².